The minimum atomic E-state index is -4.48. The van der Waals surface area contributed by atoms with Crippen LogP contribution in [-0.2, 0) is 6.18 Å². The van der Waals surface area contributed by atoms with Gasteiger partial charge in [0, 0.05) is 23.2 Å². The molecule has 0 fully saturated rings. The number of rotatable bonds is 2. The quantitative estimate of drug-likeness (QED) is 0.727. The molecular formula is C15H11F3N3O. The summed E-state index contributed by atoms with van der Waals surface area (Å²) in [6, 6.07) is 9.27. The summed E-state index contributed by atoms with van der Waals surface area (Å²) in [5.74, 6) is 0.913. The van der Waals surface area contributed by atoms with Crippen molar-refractivity contribution >= 4 is 10.9 Å². The molecule has 7 heteroatoms. The Kier molecular flexibility index (Phi) is 3.27. The number of hydrogen-bond donors (Lipinski definition) is 0. The van der Waals surface area contributed by atoms with Gasteiger partial charge in [0.1, 0.15) is 5.75 Å². The van der Waals surface area contributed by atoms with Crippen molar-refractivity contribution in [2.45, 2.75) is 13.1 Å². The van der Waals surface area contributed by atoms with Crippen LogP contribution in [0.2, 0.25) is 0 Å². The lowest BCUT2D eigenvalue weighted by atomic mass is 10.1. The zero-order chi connectivity index (χ0) is 15.9. The number of aryl methyl sites for hydroxylation is 1. The number of halogens is 3. The van der Waals surface area contributed by atoms with Gasteiger partial charge in [-0.2, -0.15) is 18.3 Å². The molecular weight excluding hydrogens is 295 g/mol. The predicted octanol–water partition coefficient (Wildman–Crippen LogP) is 3.56. The van der Waals surface area contributed by atoms with Gasteiger partial charge in [-0.25, -0.2) is 9.67 Å². The molecule has 22 heavy (non-hydrogen) atoms. The van der Waals surface area contributed by atoms with Gasteiger partial charge in [-0.15, -0.1) is 0 Å². The van der Waals surface area contributed by atoms with E-state index in [-0.39, 0.29) is 0 Å². The SMILES string of the molecule is COc1ccc2[c]c(C)c(-n3ccc(C(F)(F)F)n3)nc2c1. The van der Waals surface area contributed by atoms with E-state index in [1.54, 1.807) is 25.1 Å². The molecule has 2 aromatic heterocycles. The third-order valence-corrected chi connectivity index (χ3v) is 3.19. The summed E-state index contributed by atoms with van der Waals surface area (Å²) in [4.78, 5) is 4.37. The van der Waals surface area contributed by atoms with Crippen LogP contribution in [0.25, 0.3) is 16.7 Å². The maximum absolute atomic E-state index is 12.6. The largest absolute Gasteiger partial charge is 0.497 e. The number of alkyl halides is 3. The zero-order valence-electron chi connectivity index (χ0n) is 11.8. The van der Waals surface area contributed by atoms with Gasteiger partial charge in [0.25, 0.3) is 0 Å². The molecule has 2 heterocycles. The van der Waals surface area contributed by atoms with E-state index < -0.39 is 11.9 Å². The topological polar surface area (TPSA) is 39.9 Å². The Morgan fingerprint density at radius 2 is 2.00 bits per heavy atom. The van der Waals surface area contributed by atoms with E-state index in [0.717, 1.165) is 16.1 Å². The first-order valence-electron chi connectivity index (χ1n) is 6.39. The normalized spacial score (nSPS) is 11.9. The van der Waals surface area contributed by atoms with Crippen LogP contribution in [0.4, 0.5) is 13.2 Å². The van der Waals surface area contributed by atoms with Gasteiger partial charge in [-0.05, 0) is 31.2 Å². The molecule has 0 saturated heterocycles. The molecule has 0 atom stereocenters. The van der Waals surface area contributed by atoms with Gasteiger partial charge in [0.15, 0.2) is 11.5 Å². The fourth-order valence-corrected chi connectivity index (χ4v) is 2.11. The highest BCUT2D eigenvalue weighted by molar-refractivity contribution is 5.81. The van der Waals surface area contributed by atoms with Crippen LogP contribution in [0.15, 0.2) is 30.5 Å². The van der Waals surface area contributed by atoms with Crippen molar-refractivity contribution in [3.05, 3.63) is 47.8 Å². The first-order chi connectivity index (χ1) is 10.4. The Morgan fingerprint density at radius 3 is 2.64 bits per heavy atom. The summed E-state index contributed by atoms with van der Waals surface area (Å²) >= 11 is 0. The van der Waals surface area contributed by atoms with E-state index in [4.69, 9.17) is 4.74 Å². The Hall–Kier alpha value is -2.57. The highest BCUT2D eigenvalue weighted by Gasteiger charge is 2.33. The molecule has 0 N–H and O–H groups in total. The van der Waals surface area contributed by atoms with Crippen molar-refractivity contribution in [1.29, 1.82) is 0 Å². The maximum atomic E-state index is 12.6. The molecule has 0 bridgehead atoms. The number of benzene rings is 1. The Labute approximate surface area is 124 Å². The number of ether oxygens (including phenoxy) is 1. The lowest BCUT2D eigenvalue weighted by molar-refractivity contribution is -0.141. The van der Waals surface area contributed by atoms with Crippen molar-refractivity contribution in [2.24, 2.45) is 0 Å². The number of hydrogen-bond acceptors (Lipinski definition) is 3. The molecule has 0 aliphatic heterocycles. The van der Waals surface area contributed by atoms with Gasteiger partial charge < -0.3 is 4.74 Å². The molecule has 3 rings (SSSR count). The van der Waals surface area contributed by atoms with Crippen molar-refractivity contribution in [3.8, 4) is 11.6 Å². The molecule has 0 aliphatic rings. The lowest BCUT2D eigenvalue weighted by Crippen LogP contribution is -2.08. The fourth-order valence-electron chi connectivity index (χ4n) is 2.11. The van der Waals surface area contributed by atoms with E-state index in [9.17, 15) is 13.2 Å². The Bertz CT molecular complexity index is 840. The van der Waals surface area contributed by atoms with Crippen LogP contribution >= 0.6 is 0 Å². The van der Waals surface area contributed by atoms with E-state index in [0.29, 0.717) is 22.6 Å². The van der Waals surface area contributed by atoms with E-state index in [2.05, 4.69) is 16.1 Å². The van der Waals surface area contributed by atoms with Gasteiger partial charge in [-0.3, -0.25) is 0 Å². The van der Waals surface area contributed by atoms with Gasteiger partial charge >= 0.3 is 6.18 Å². The number of pyridine rings is 1. The summed E-state index contributed by atoms with van der Waals surface area (Å²) in [6.45, 7) is 1.72. The second kappa shape index (κ2) is 5.01. The molecule has 3 aromatic rings. The van der Waals surface area contributed by atoms with E-state index in [1.165, 1.54) is 13.3 Å². The molecule has 113 valence electrons. The van der Waals surface area contributed by atoms with E-state index in [1.807, 2.05) is 0 Å². The minimum Gasteiger partial charge on any atom is -0.497 e. The van der Waals surface area contributed by atoms with Crippen molar-refractivity contribution in [2.75, 3.05) is 7.11 Å². The van der Waals surface area contributed by atoms with Gasteiger partial charge in [0.05, 0.1) is 12.6 Å². The van der Waals surface area contributed by atoms with Crippen molar-refractivity contribution in [3.63, 3.8) is 0 Å². The molecule has 0 aliphatic carbocycles. The molecule has 1 aromatic carbocycles. The highest BCUT2D eigenvalue weighted by Crippen LogP contribution is 2.28. The maximum Gasteiger partial charge on any atom is 0.435 e. The molecule has 0 saturated carbocycles. The Morgan fingerprint density at radius 1 is 1.23 bits per heavy atom. The summed E-state index contributed by atoms with van der Waals surface area (Å²) < 4.78 is 44.2. The third-order valence-electron chi connectivity index (χ3n) is 3.19. The second-order valence-electron chi connectivity index (χ2n) is 4.71. The fraction of sp³-hybridized carbons (Fsp3) is 0.200. The number of nitrogens with zero attached hydrogens (tertiary/aromatic N) is 3. The van der Waals surface area contributed by atoms with Crippen LogP contribution in [0.3, 0.4) is 0 Å². The molecule has 0 unspecified atom stereocenters. The molecule has 4 nitrogen and oxygen atoms in total. The molecule has 0 amide bonds. The van der Waals surface area contributed by atoms with Crippen LogP contribution in [0.1, 0.15) is 11.3 Å². The highest BCUT2D eigenvalue weighted by atomic mass is 19.4. The monoisotopic (exact) mass is 306 g/mol. The van der Waals surface area contributed by atoms with Crippen molar-refractivity contribution in [1.82, 2.24) is 14.8 Å². The first kappa shape index (κ1) is 14.4. The summed E-state index contributed by atoms with van der Waals surface area (Å²) in [6.07, 6.45) is -3.25. The molecule has 0 spiro atoms. The summed E-state index contributed by atoms with van der Waals surface area (Å²) in [5, 5.41) is 4.29. The average molecular weight is 306 g/mol. The minimum absolute atomic E-state index is 0.302. The third kappa shape index (κ3) is 2.49. The van der Waals surface area contributed by atoms with Crippen LogP contribution in [0.5, 0.6) is 5.75 Å². The van der Waals surface area contributed by atoms with Gasteiger partial charge in [-0.1, -0.05) is 0 Å². The average Bonchev–Trinajstić information content (AvgIpc) is 2.95. The first-order valence-corrected chi connectivity index (χ1v) is 6.39. The molecule has 1 radical (unpaired) electrons. The predicted molar refractivity (Wildman–Crippen MR) is 74.0 cm³/mol. The standard InChI is InChI=1S/C15H11F3N3O/c1-9-7-10-3-4-11(22-2)8-12(10)19-14(9)21-6-5-13(20-21)15(16,17)18/h3-6,8H,1-2H3. The number of fused-ring (bicyclic) bond motifs is 1. The van der Waals surface area contributed by atoms with Gasteiger partial charge in [0.2, 0.25) is 0 Å². The lowest BCUT2D eigenvalue weighted by Gasteiger charge is -2.08. The van der Waals surface area contributed by atoms with Crippen LogP contribution in [0, 0.1) is 13.0 Å². The van der Waals surface area contributed by atoms with Crippen LogP contribution in [-0.4, -0.2) is 21.9 Å². The Balaban J connectivity index is 2.13. The summed E-state index contributed by atoms with van der Waals surface area (Å²) in [5.41, 5.74) is 0.220. The van der Waals surface area contributed by atoms with E-state index >= 15 is 0 Å². The van der Waals surface area contributed by atoms with Crippen LogP contribution < -0.4 is 4.74 Å². The van der Waals surface area contributed by atoms with Crippen molar-refractivity contribution < 1.29 is 17.9 Å². The number of aromatic nitrogens is 3. The second-order valence-corrected chi connectivity index (χ2v) is 4.71. The zero-order valence-corrected chi connectivity index (χ0v) is 11.8. The smallest absolute Gasteiger partial charge is 0.435 e. The summed E-state index contributed by atoms with van der Waals surface area (Å²) in [7, 11) is 1.53. The number of methoxy groups -OCH3 is 1.